The molecule has 1 rings (SSSR count). The van der Waals surface area contributed by atoms with Crippen LogP contribution in [-0.2, 0) is 11.2 Å². The number of rotatable bonds is 6. The van der Waals surface area contributed by atoms with E-state index in [2.05, 4.69) is 15.6 Å². The second-order valence-electron chi connectivity index (χ2n) is 4.16. The Hall–Kier alpha value is -1.63. The highest BCUT2D eigenvalue weighted by molar-refractivity contribution is 7.11. The maximum atomic E-state index is 11.7. The van der Waals surface area contributed by atoms with Crippen LogP contribution >= 0.6 is 11.3 Å². The molecule has 106 valence electrons. The molecule has 1 aromatic rings. The van der Waals surface area contributed by atoms with Gasteiger partial charge in [-0.2, -0.15) is 0 Å². The molecule has 0 saturated carbocycles. The standard InChI is InChI=1S/C12H19N3O3S/c1-4-8-6-13-10(19-8)7(3)14-12(18)15-9(5-2)11(16)17/h6-7,9H,4-5H2,1-3H3,(H,16,17)(H2,14,15,18)/t7?,9-/m0/s1. The number of thiazole rings is 1. The molecule has 0 radical (unpaired) electrons. The van der Waals surface area contributed by atoms with E-state index in [1.807, 2.05) is 13.8 Å². The third-order valence-corrected chi connectivity index (χ3v) is 3.97. The Morgan fingerprint density at radius 1 is 1.42 bits per heavy atom. The highest BCUT2D eigenvalue weighted by Crippen LogP contribution is 2.19. The van der Waals surface area contributed by atoms with Crippen molar-refractivity contribution < 1.29 is 14.7 Å². The number of carboxylic acid groups (broad SMARTS) is 1. The van der Waals surface area contributed by atoms with Crippen molar-refractivity contribution in [3.05, 3.63) is 16.1 Å². The first-order chi connectivity index (χ1) is 8.97. The van der Waals surface area contributed by atoms with Crippen LogP contribution < -0.4 is 10.6 Å². The Morgan fingerprint density at radius 3 is 2.58 bits per heavy atom. The number of carboxylic acids is 1. The fraction of sp³-hybridized carbons (Fsp3) is 0.583. The number of aryl methyl sites for hydroxylation is 1. The maximum absolute atomic E-state index is 11.7. The molecular formula is C12H19N3O3S. The Balaban J connectivity index is 2.54. The van der Waals surface area contributed by atoms with E-state index in [4.69, 9.17) is 5.11 Å². The molecule has 0 aliphatic heterocycles. The van der Waals surface area contributed by atoms with E-state index in [0.29, 0.717) is 6.42 Å². The lowest BCUT2D eigenvalue weighted by molar-refractivity contribution is -0.139. The first kappa shape index (κ1) is 15.4. The van der Waals surface area contributed by atoms with Gasteiger partial charge in [-0.1, -0.05) is 13.8 Å². The molecule has 7 heteroatoms. The zero-order chi connectivity index (χ0) is 14.4. The van der Waals surface area contributed by atoms with Gasteiger partial charge in [-0.05, 0) is 19.8 Å². The summed E-state index contributed by atoms with van der Waals surface area (Å²) in [5, 5.41) is 14.8. The minimum atomic E-state index is -1.03. The van der Waals surface area contributed by atoms with E-state index in [-0.39, 0.29) is 6.04 Å². The summed E-state index contributed by atoms with van der Waals surface area (Å²) in [6, 6.07) is -1.60. The summed E-state index contributed by atoms with van der Waals surface area (Å²) in [6.45, 7) is 5.57. The van der Waals surface area contributed by atoms with Crippen molar-refractivity contribution in [3.8, 4) is 0 Å². The largest absolute Gasteiger partial charge is 0.480 e. The summed E-state index contributed by atoms with van der Waals surface area (Å²) >= 11 is 1.54. The Labute approximate surface area is 116 Å². The first-order valence-electron chi connectivity index (χ1n) is 6.22. The van der Waals surface area contributed by atoms with Crippen molar-refractivity contribution in [1.29, 1.82) is 0 Å². The lowest BCUT2D eigenvalue weighted by atomic mass is 10.2. The lowest BCUT2D eigenvalue weighted by Gasteiger charge is -2.16. The molecule has 0 bridgehead atoms. The summed E-state index contributed by atoms with van der Waals surface area (Å²) in [5.74, 6) is -1.03. The predicted molar refractivity (Wildman–Crippen MR) is 73.3 cm³/mol. The number of nitrogens with one attached hydrogen (secondary N) is 2. The fourth-order valence-corrected chi connectivity index (χ4v) is 2.34. The smallest absolute Gasteiger partial charge is 0.326 e. The van der Waals surface area contributed by atoms with Gasteiger partial charge in [-0.3, -0.25) is 0 Å². The normalized spacial score (nSPS) is 13.6. The van der Waals surface area contributed by atoms with Gasteiger partial charge in [-0.25, -0.2) is 14.6 Å². The number of aromatic nitrogens is 1. The van der Waals surface area contributed by atoms with Crippen LogP contribution in [-0.4, -0.2) is 28.1 Å². The quantitative estimate of drug-likeness (QED) is 0.744. The van der Waals surface area contributed by atoms with E-state index in [0.717, 1.165) is 16.3 Å². The van der Waals surface area contributed by atoms with E-state index >= 15 is 0 Å². The number of nitrogens with zero attached hydrogens (tertiary/aromatic N) is 1. The third kappa shape index (κ3) is 4.51. The molecule has 19 heavy (non-hydrogen) atoms. The van der Waals surface area contributed by atoms with E-state index in [1.165, 1.54) is 0 Å². The molecule has 1 heterocycles. The van der Waals surface area contributed by atoms with Gasteiger partial charge in [0.1, 0.15) is 11.0 Å². The molecule has 0 aromatic carbocycles. The van der Waals surface area contributed by atoms with E-state index in [9.17, 15) is 9.59 Å². The van der Waals surface area contributed by atoms with Gasteiger partial charge >= 0.3 is 12.0 Å². The van der Waals surface area contributed by atoms with Crippen LogP contribution in [0.1, 0.15) is 43.1 Å². The van der Waals surface area contributed by atoms with Crippen molar-refractivity contribution in [2.75, 3.05) is 0 Å². The fourth-order valence-electron chi connectivity index (χ4n) is 1.48. The topological polar surface area (TPSA) is 91.3 Å². The molecule has 0 aliphatic carbocycles. The third-order valence-electron chi connectivity index (χ3n) is 2.65. The van der Waals surface area contributed by atoms with E-state index < -0.39 is 18.0 Å². The first-order valence-corrected chi connectivity index (χ1v) is 7.04. The molecule has 0 spiro atoms. The minimum Gasteiger partial charge on any atom is -0.480 e. The van der Waals surface area contributed by atoms with Crippen molar-refractivity contribution in [1.82, 2.24) is 15.6 Å². The number of hydrogen-bond acceptors (Lipinski definition) is 4. The summed E-state index contributed by atoms with van der Waals surface area (Å²) in [4.78, 5) is 27.9. The van der Waals surface area contributed by atoms with Crippen LogP contribution in [0, 0.1) is 0 Å². The Morgan fingerprint density at radius 2 is 2.11 bits per heavy atom. The van der Waals surface area contributed by atoms with Gasteiger partial charge < -0.3 is 15.7 Å². The van der Waals surface area contributed by atoms with Gasteiger partial charge in [0.15, 0.2) is 0 Å². The monoisotopic (exact) mass is 285 g/mol. The lowest BCUT2D eigenvalue weighted by Crippen LogP contribution is -2.46. The molecule has 2 atom stereocenters. The Kier molecular flexibility index (Phi) is 5.75. The second-order valence-corrected chi connectivity index (χ2v) is 5.30. The number of amides is 2. The van der Waals surface area contributed by atoms with Crippen LogP contribution in [0.25, 0.3) is 0 Å². The highest BCUT2D eigenvalue weighted by atomic mass is 32.1. The van der Waals surface area contributed by atoms with Gasteiger partial charge in [0.05, 0.1) is 6.04 Å². The SMILES string of the molecule is CCc1cnc(C(C)NC(=O)N[C@@H](CC)C(=O)O)s1. The number of aliphatic carboxylic acids is 1. The van der Waals surface area contributed by atoms with Gasteiger partial charge in [0, 0.05) is 11.1 Å². The predicted octanol–water partition coefficient (Wildman–Crippen LogP) is 1.93. The van der Waals surface area contributed by atoms with Crippen LogP contribution in [0.3, 0.4) is 0 Å². The maximum Gasteiger partial charge on any atom is 0.326 e. The highest BCUT2D eigenvalue weighted by Gasteiger charge is 2.19. The Bertz CT molecular complexity index is 447. The van der Waals surface area contributed by atoms with Crippen molar-refractivity contribution in [3.63, 3.8) is 0 Å². The molecule has 0 aliphatic rings. The minimum absolute atomic E-state index is 0.239. The van der Waals surface area contributed by atoms with E-state index in [1.54, 1.807) is 24.5 Å². The summed E-state index contributed by atoms with van der Waals surface area (Å²) in [7, 11) is 0. The molecule has 3 N–H and O–H groups in total. The summed E-state index contributed by atoms with van der Waals surface area (Å²) < 4.78 is 0. The van der Waals surface area contributed by atoms with Crippen LogP contribution in [0.4, 0.5) is 4.79 Å². The summed E-state index contributed by atoms with van der Waals surface area (Å²) in [5.41, 5.74) is 0. The molecule has 0 saturated heterocycles. The molecule has 2 amide bonds. The second kappa shape index (κ2) is 7.08. The average molecular weight is 285 g/mol. The molecule has 6 nitrogen and oxygen atoms in total. The molecule has 1 unspecified atom stereocenters. The zero-order valence-corrected chi connectivity index (χ0v) is 12.1. The van der Waals surface area contributed by atoms with Gasteiger partial charge in [-0.15, -0.1) is 11.3 Å². The molecule has 1 aromatic heterocycles. The zero-order valence-electron chi connectivity index (χ0n) is 11.3. The number of urea groups is 1. The van der Waals surface area contributed by atoms with Crippen LogP contribution in [0.15, 0.2) is 6.20 Å². The van der Waals surface area contributed by atoms with Gasteiger partial charge in [0.25, 0.3) is 0 Å². The van der Waals surface area contributed by atoms with Crippen molar-refractivity contribution in [2.45, 2.75) is 45.7 Å². The molecule has 0 fully saturated rings. The van der Waals surface area contributed by atoms with Crippen molar-refractivity contribution >= 4 is 23.3 Å². The average Bonchev–Trinajstić information content (AvgIpc) is 2.84. The summed E-state index contributed by atoms with van der Waals surface area (Å²) in [6.07, 6.45) is 3.05. The number of carbonyl (C=O) groups is 2. The van der Waals surface area contributed by atoms with Crippen LogP contribution in [0.2, 0.25) is 0 Å². The number of hydrogen-bond donors (Lipinski definition) is 3. The van der Waals surface area contributed by atoms with Crippen LogP contribution in [0.5, 0.6) is 0 Å². The number of carbonyl (C=O) groups excluding carboxylic acids is 1. The van der Waals surface area contributed by atoms with Crippen molar-refractivity contribution in [2.24, 2.45) is 0 Å². The molecular weight excluding hydrogens is 266 g/mol. The van der Waals surface area contributed by atoms with Gasteiger partial charge in [0.2, 0.25) is 0 Å².